The summed E-state index contributed by atoms with van der Waals surface area (Å²) in [4.78, 5) is 35.5. The van der Waals surface area contributed by atoms with Crippen molar-refractivity contribution in [3.05, 3.63) is 50.1 Å². The summed E-state index contributed by atoms with van der Waals surface area (Å²) in [7, 11) is 0. The average Bonchev–Trinajstić information content (AvgIpc) is 2.86. The molecule has 1 atom stereocenters. The van der Waals surface area contributed by atoms with Crippen LogP contribution in [-0.2, 0) is 9.53 Å². The van der Waals surface area contributed by atoms with Gasteiger partial charge < -0.3 is 10.1 Å². The van der Waals surface area contributed by atoms with Gasteiger partial charge in [0.25, 0.3) is 5.91 Å². The Balaban J connectivity index is 2.02. The molecule has 0 aliphatic carbocycles. The Morgan fingerprint density at radius 1 is 1.21 bits per heavy atom. The molecule has 0 saturated heterocycles. The van der Waals surface area contributed by atoms with Gasteiger partial charge >= 0.3 is 5.97 Å². The van der Waals surface area contributed by atoms with Gasteiger partial charge in [-0.15, -0.1) is 11.3 Å². The topological polar surface area (TPSA) is 72.5 Å². The number of carbonyl (C=O) groups excluding carboxylic acids is 3. The third-order valence-corrected chi connectivity index (χ3v) is 4.55. The molecule has 2 rings (SSSR count). The summed E-state index contributed by atoms with van der Waals surface area (Å²) < 4.78 is 5.64. The summed E-state index contributed by atoms with van der Waals surface area (Å²) in [5.41, 5.74) is 1.02. The van der Waals surface area contributed by atoms with E-state index in [-0.39, 0.29) is 15.7 Å². The van der Waals surface area contributed by atoms with Crippen LogP contribution in [0.4, 0.5) is 5.69 Å². The molecule has 0 saturated carbocycles. The number of benzene rings is 1. The van der Waals surface area contributed by atoms with Gasteiger partial charge in [-0.1, -0.05) is 35.3 Å². The third kappa shape index (κ3) is 4.56. The molecule has 0 radical (unpaired) electrons. The van der Waals surface area contributed by atoms with E-state index in [1.807, 2.05) is 0 Å². The molecular formula is C16H13Cl2NO4S. The number of rotatable bonds is 5. The van der Waals surface area contributed by atoms with Crippen LogP contribution in [0.2, 0.25) is 8.67 Å². The molecule has 1 aromatic carbocycles. The second-order valence-electron chi connectivity index (χ2n) is 4.91. The molecule has 1 heterocycles. The number of hydrogen-bond acceptors (Lipinski definition) is 5. The van der Waals surface area contributed by atoms with E-state index in [4.69, 9.17) is 27.9 Å². The van der Waals surface area contributed by atoms with Gasteiger partial charge in [0.15, 0.2) is 11.9 Å². The van der Waals surface area contributed by atoms with Crippen LogP contribution in [0.15, 0.2) is 30.3 Å². The van der Waals surface area contributed by atoms with E-state index >= 15 is 0 Å². The summed E-state index contributed by atoms with van der Waals surface area (Å²) in [5, 5.41) is 2.59. The van der Waals surface area contributed by atoms with E-state index in [2.05, 4.69) is 5.32 Å². The van der Waals surface area contributed by atoms with Gasteiger partial charge in [0, 0.05) is 11.3 Å². The molecule has 0 fully saturated rings. The van der Waals surface area contributed by atoms with Gasteiger partial charge in [0.1, 0.15) is 4.34 Å². The molecule has 126 valence electrons. The van der Waals surface area contributed by atoms with E-state index in [0.717, 1.165) is 11.3 Å². The molecule has 2 aromatic rings. The zero-order valence-electron chi connectivity index (χ0n) is 12.8. The normalized spacial score (nSPS) is 11.7. The Hall–Kier alpha value is -1.89. The number of hydrogen-bond donors (Lipinski definition) is 1. The highest BCUT2D eigenvalue weighted by atomic mass is 35.5. The molecule has 1 N–H and O–H groups in total. The number of anilines is 1. The molecule has 5 nitrogen and oxygen atoms in total. The summed E-state index contributed by atoms with van der Waals surface area (Å²) in [6.45, 7) is 2.87. The molecule has 8 heteroatoms. The number of ether oxygens (including phenoxy) is 1. The van der Waals surface area contributed by atoms with Crippen LogP contribution in [-0.4, -0.2) is 23.8 Å². The van der Waals surface area contributed by atoms with Crippen LogP contribution in [0.5, 0.6) is 0 Å². The second-order valence-corrected chi connectivity index (χ2v) is 7.20. The lowest BCUT2D eigenvalue weighted by Crippen LogP contribution is -2.30. The van der Waals surface area contributed by atoms with Crippen molar-refractivity contribution in [3.63, 3.8) is 0 Å². The second kappa shape index (κ2) is 7.79. The number of amides is 1. The average molecular weight is 386 g/mol. The van der Waals surface area contributed by atoms with E-state index in [0.29, 0.717) is 15.6 Å². The lowest BCUT2D eigenvalue weighted by Gasteiger charge is -2.13. The van der Waals surface area contributed by atoms with Crippen LogP contribution in [0.3, 0.4) is 0 Å². The number of thiophene rings is 1. The maximum Gasteiger partial charge on any atom is 0.341 e. The molecule has 1 aromatic heterocycles. The first-order chi connectivity index (χ1) is 11.3. The fourth-order valence-corrected chi connectivity index (χ4v) is 3.26. The lowest BCUT2D eigenvalue weighted by atomic mass is 10.1. The molecule has 24 heavy (non-hydrogen) atoms. The van der Waals surface area contributed by atoms with E-state index in [1.165, 1.54) is 19.9 Å². The van der Waals surface area contributed by atoms with Crippen LogP contribution in [0.1, 0.15) is 34.6 Å². The first-order valence-electron chi connectivity index (χ1n) is 6.85. The first kappa shape index (κ1) is 18.4. The Morgan fingerprint density at radius 3 is 2.50 bits per heavy atom. The number of ketones is 1. The van der Waals surface area contributed by atoms with Crippen LogP contribution in [0, 0.1) is 0 Å². The largest absolute Gasteiger partial charge is 0.449 e. The SMILES string of the molecule is CC(=O)c1cccc(NC(=O)[C@@H](C)OC(=O)c2cc(Cl)sc2Cl)c1. The van der Waals surface area contributed by atoms with Crippen LogP contribution in [0.25, 0.3) is 0 Å². The number of carbonyl (C=O) groups is 3. The van der Waals surface area contributed by atoms with Gasteiger partial charge in [0.05, 0.1) is 9.90 Å². The molecule has 0 unspecified atom stereocenters. The van der Waals surface area contributed by atoms with Gasteiger partial charge in [-0.25, -0.2) is 4.79 Å². The van der Waals surface area contributed by atoms with Gasteiger partial charge in [0.2, 0.25) is 0 Å². The lowest BCUT2D eigenvalue weighted by molar-refractivity contribution is -0.123. The zero-order chi connectivity index (χ0) is 17.9. The molecule has 0 spiro atoms. The highest BCUT2D eigenvalue weighted by molar-refractivity contribution is 7.20. The number of Topliss-reactive ketones (excluding diaryl/α,β-unsaturated/α-hetero) is 1. The van der Waals surface area contributed by atoms with Crippen molar-refractivity contribution in [2.45, 2.75) is 20.0 Å². The van der Waals surface area contributed by atoms with E-state index < -0.39 is 18.0 Å². The Bertz CT molecular complexity index is 803. The van der Waals surface area contributed by atoms with Crippen molar-refractivity contribution in [2.24, 2.45) is 0 Å². The predicted molar refractivity (Wildman–Crippen MR) is 94.3 cm³/mol. The highest BCUT2D eigenvalue weighted by Crippen LogP contribution is 2.31. The van der Waals surface area contributed by atoms with Crippen LogP contribution >= 0.6 is 34.5 Å². The number of esters is 1. The summed E-state index contributed by atoms with van der Waals surface area (Å²) >= 11 is 12.7. The van der Waals surface area contributed by atoms with Crippen molar-refractivity contribution in [1.29, 1.82) is 0 Å². The molecule has 1 amide bonds. The van der Waals surface area contributed by atoms with Crippen molar-refractivity contribution < 1.29 is 19.1 Å². The van der Waals surface area contributed by atoms with Gasteiger partial charge in [-0.2, -0.15) is 0 Å². The van der Waals surface area contributed by atoms with Crippen LogP contribution < -0.4 is 5.32 Å². The van der Waals surface area contributed by atoms with Gasteiger partial charge in [-0.05, 0) is 32.0 Å². The third-order valence-electron chi connectivity index (χ3n) is 3.07. The van der Waals surface area contributed by atoms with Crippen molar-refractivity contribution in [2.75, 3.05) is 5.32 Å². The number of halogens is 2. The zero-order valence-corrected chi connectivity index (χ0v) is 15.1. The number of nitrogens with one attached hydrogen (secondary N) is 1. The molecule has 0 aliphatic rings. The summed E-state index contributed by atoms with van der Waals surface area (Å²) in [6.07, 6.45) is -1.05. The minimum absolute atomic E-state index is 0.116. The summed E-state index contributed by atoms with van der Waals surface area (Å²) in [5.74, 6) is -1.38. The van der Waals surface area contributed by atoms with Crippen molar-refractivity contribution in [1.82, 2.24) is 0 Å². The minimum Gasteiger partial charge on any atom is -0.449 e. The maximum absolute atomic E-state index is 12.1. The highest BCUT2D eigenvalue weighted by Gasteiger charge is 2.22. The standard InChI is InChI=1S/C16H13Cl2NO4S/c1-8(20)10-4-3-5-11(6-10)19-15(21)9(2)23-16(22)12-7-13(17)24-14(12)18/h3-7,9H,1-2H3,(H,19,21)/t9-/m1/s1. The maximum atomic E-state index is 12.1. The van der Waals surface area contributed by atoms with Crippen molar-refractivity contribution >= 4 is 57.9 Å². The molecule has 0 aliphatic heterocycles. The molecular weight excluding hydrogens is 373 g/mol. The Labute approximate surface area is 152 Å². The monoisotopic (exact) mass is 385 g/mol. The Morgan fingerprint density at radius 2 is 1.92 bits per heavy atom. The van der Waals surface area contributed by atoms with E-state index in [1.54, 1.807) is 24.3 Å². The minimum atomic E-state index is -1.05. The Kier molecular flexibility index (Phi) is 5.99. The van der Waals surface area contributed by atoms with Crippen molar-refractivity contribution in [3.8, 4) is 0 Å². The summed E-state index contributed by atoms with van der Waals surface area (Å²) in [6, 6.07) is 7.86. The first-order valence-corrected chi connectivity index (χ1v) is 8.43. The molecule has 0 bridgehead atoms. The predicted octanol–water partition coefficient (Wildman–Crippen LogP) is 4.44. The fourth-order valence-electron chi connectivity index (χ4n) is 1.82. The quantitative estimate of drug-likeness (QED) is 0.609. The van der Waals surface area contributed by atoms with Gasteiger partial charge in [-0.3, -0.25) is 9.59 Å². The smallest absolute Gasteiger partial charge is 0.341 e. The fraction of sp³-hybridized carbons (Fsp3) is 0.188. The van der Waals surface area contributed by atoms with E-state index in [9.17, 15) is 14.4 Å².